The first-order chi connectivity index (χ1) is 30.8. The molecule has 0 N–H and O–H groups in total. The minimum absolute atomic E-state index is 0.447. The van der Waals surface area contributed by atoms with Crippen molar-refractivity contribution in [3.63, 3.8) is 0 Å². The molecule has 0 fully saturated rings. The van der Waals surface area contributed by atoms with E-state index in [0.717, 1.165) is 102 Å². The van der Waals surface area contributed by atoms with Crippen molar-refractivity contribution in [2.24, 2.45) is 0 Å². The molecule has 0 spiro atoms. The molecule has 4 heterocycles. The van der Waals surface area contributed by atoms with Crippen LogP contribution in [0.4, 0.5) is 68.2 Å². The molecule has 0 atom stereocenters. The summed E-state index contributed by atoms with van der Waals surface area (Å²) in [5.41, 5.74) is 17.0. The van der Waals surface area contributed by atoms with Crippen LogP contribution in [0.5, 0.6) is 11.5 Å². The number of benzene rings is 9. The molecule has 8 heteroatoms. The maximum Gasteiger partial charge on any atom is 0.432 e. The van der Waals surface area contributed by atoms with Gasteiger partial charge < -0.3 is 28.9 Å². The van der Waals surface area contributed by atoms with E-state index in [0.29, 0.717) is 0 Å². The van der Waals surface area contributed by atoms with E-state index in [4.69, 9.17) is 9.31 Å². The Balaban J connectivity index is 1.12. The van der Waals surface area contributed by atoms with Gasteiger partial charge in [0.25, 0.3) is 0 Å². The Hall–Kier alpha value is -8.09. The van der Waals surface area contributed by atoms with E-state index in [1.54, 1.807) is 0 Å². The highest BCUT2D eigenvalue weighted by Gasteiger charge is 2.48. The van der Waals surface area contributed by atoms with Gasteiger partial charge >= 0.3 is 13.8 Å². The number of nitrogens with zero attached hydrogens (tertiary/aromatic N) is 4. The van der Waals surface area contributed by atoms with E-state index in [-0.39, 0.29) is 0 Å². The van der Waals surface area contributed by atoms with Gasteiger partial charge in [-0.25, -0.2) is 0 Å². The highest BCUT2D eigenvalue weighted by molar-refractivity contribution is 6.88. The van der Waals surface area contributed by atoms with E-state index in [1.807, 2.05) is 0 Å². The van der Waals surface area contributed by atoms with Crippen LogP contribution in [0.3, 0.4) is 0 Å². The molecule has 290 valence electrons. The van der Waals surface area contributed by atoms with Gasteiger partial charge in [-0.15, -0.1) is 0 Å². The zero-order valence-corrected chi connectivity index (χ0v) is 33.5. The fraction of sp³-hybridized carbons (Fsp3) is 0. The van der Waals surface area contributed by atoms with Crippen LogP contribution in [0.1, 0.15) is 0 Å². The van der Waals surface area contributed by atoms with Gasteiger partial charge in [0.15, 0.2) is 0 Å². The molecular formula is C54H36B2N4O2. The molecule has 6 nitrogen and oxygen atoms in total. The van der Waals surface area contributed by atoms with Gasteiger partial charge in [-0.2, -0.15) is 0 Å². The Labute approximate surface area is 361 Å². The number of anilines is 12. The Morgan fingerprint density at radius 1 is 0.258 bits per heavy atom. The fourth-order valence-electron chi connectivity index (χ4n) is 10.1. The zero-order chi connectivity index (χ0) is 40.7. The number of hydrogen-bond donors (Lipinski definition) is 0. The lowest BCUT2D eigenvalue weighted by atomic mass is 9.47. The van der Waals surface area contributed by atoms with Gasteiger partial charge in [-0.1, -0.05) is 115 Å². The molecule has 0 saturated carbocycles. The summed E-state index contributed by atoms with van der Waals surface area (Å²) >= 11 is 0. The third-order valence-corrected chi connectivity index (χ3v) is 12.6. The molecule has 0 aliphatic carbocycles. The Kier molecular flexibility index (Phi) is 7.69. The van der Waals surface area contributed by atoms with Gasteiger partial charge in [0, 0.05) is 67.8 Å². The normalized spacial score (nSPS) is 13.9. The number of rotatable bonds is 4. The highest BCUT2D eigenvalue weighted by atomic mass is 16.4. The molecule has 9 aromatic rings. The third-order valence-electron chi connectivity index (χ3n) is 12.6. The first-order valence-corrected chi connectivity index (χ1v) is 21.2. The van der Waals surface area contributed by atoms with Crippen molar-refractivity contribution in [2.75, 3.05) is 19.6 Å². The summed E-state index contributed by atoms with van der Waals surface area (Å²) in [5.74, 6) is 1.63. The average Bonchev–Trinajstić information content (AvgIpc) is 3.58. The predicted molar refractivity (Wildman–Crippen MR) is 256 cm³/mol. The molecule has 62 heavy (non-hydrogen) atoms. The van der Waals surface area contributed by atoms with Crippen molar-refractivity contribution in [2.45, 2.75) is 0 Å². The lowest BCUT2D eigenvalue weighted by molar-refractivity contribution is 0.594. The van der Waals surface area contributed by atoms with Gasteiger partial charge in [0.05, 0.1) is 11.4 Å². The van der Waals surface area contributed by atoms with Crippen LogP contribution < -0.4 is 50.8 Å². The molecule has 0 bridgehead atoms. The second kappa shape index (κ2) is 13.7. The summed E-state index contributed by atoms with van der Waals surface area (Å²) in [4.78, 5) is 9.54. The minimum atomic E-state index is -0.447. The lowest BCUT2D eigenvalue weighted by Crippen LogP contribution is -2.59. The summed E-state index contributed by atoms with van der Waals surface area (Å²) in [7, 11) is 0. The van der Waals surface area contributed by atoms with Crippen molar-refractivity contribution in [3.05, 3.63) is 218 Å². The molecule has 13 rings (SSSR count). The number of para-hydroxylation sites is 8. The van der Waals surface area contributed by atoms with E-state index >= 15 is 0 Å². The molecule has 4 aliphatic heterocycles. The summed E-state index contributed by atoms with van der Waals surface area (Å²) in [6, 6.07) is 77.6. The Morgan fingerprint density at radius 2 is 0.548 bits per heavy atom. The summed E-state index contributed by atoms with van der Waals surface area (Å²) in [6.45, 7) is -0.894. The van der Waals surface area contributed by atoms with E-state index in [9.17, 15) is 0 Å². The van der Waals surface area contributed by atoms with Crippen LogP contribution in [0.2, 0.25) is 0 Å². The Bertz CT molecular complexity index is 2980. The van der Waals surface area contributed by atoms with Gasteiger partial charge in [-0.05, 0) is 114 Å². The first kappa shape index (κ1) is 34.7. The molecule has 0 radical (unpaired) electrons. The van der Waals surface area contributed by atoms with Crippen LogP contribution in [-0.2, 0) is 0 Å². The third kappa shape index (κ3) is 5.13. The highest BCUT2D eigenvalue weighted by Crippen LogP contribution is 2.50. The second-order valence-electron chi connectivity index (χ2n) is 16.0. The first-order valence-electron chi connectivity index (χ1n) is 21.2. The van der Waals surface area contributed by atoms with Crippen molar-refractivity contribution in [3.8, 4) is 11.5 Å². The number of fused-ring (bicyclic) bond motifs is 6. The molecular weight excluding hydrogens is 758 g/mol. The Morgan fingerprint density at radius 3 is 0.903 bits per heavy atom. The standard InChI is InChI=1S/C54H36B2N4O2/c1-5-19-37(20-6-1)57-43-27-13-15-33-51(43)61-55-41-35-42-50(36-49(41)59(39-23-9-3-10-24-39)47-31-17-29-45(57)53(47)55)60(40-25-11-4-12-26-40)48-32-18-30-46-54(48)56(42)62-52-34-16-14-28-44(52)58(46)38-21-7-2-8-22-38/h1-36H. The quantitative estimate of drug-likeness (QED) is 0.165. The molecule has 4 aliphatic rings. The molecule has 0 unspecified atom stereocenters. The van der Waals surface area contributed by atoms with Crippen LogP contribution in [0.25, 0.3) is 0 Å². The van der Waals surface area contributed by atoms with Gasteiger partial charge in [0.2, 0.25) is 0 Å². The van der Waals surface area contributed by atoms with E-state index in [1.165, 1.54) is 0 Å². The average molecular weight is 795 g/mol. The predicted octanol–water partition coefficient (Wildman–Crippen LogP) is 11.2. The van der Waals surface area contributed by atoms with Crippen molar-refractivity contribution >= 4 is 104 Å². The fourth-order valence-corrected chi connectivity index (χ4v) is 10.1. The van der Waals surface area contributed by atoms with Crippen LogP contribution in [-0.4, -0.2) is 13.8 Å². The zero-order valence-electron chi connectivity index (χ0n) is 33.5. The largest absolute Gasteiger partial charge is 0.550 e. The van der Waals surface area contributed by atoms with E-state index in [2.05, 4.69) is 238 Å². The minimum Gasteiger partial charge on any atom is -0.550 e. The lowest BCUT2D eigenvalue weighted by Gasteiger charge is -2.41. The monoisotopic (exact) mass is 794 g/mol. The SMILES string of the molecule is c1ccc(N2c3ccccc3OB3c4cc5c(cc4N(c4ccccc4)c4cccc2c43)N(c2ccccc2)c2cccc3c2B5Oc2ccccc2N3c2ccccc2)cc1. The summed E-state index contributed by atoms with van der Waals surface area (Å²) < 4.78 is 14.9. The maximum atomic E-state index is 7.43. The van der Waals surface area contributed by atoms with Crippen molar-refractivity contribution in [1.29, 1.82) is 0 Å². The molecule has 0 saturated heterocycles. The smallest absolute Gasteiger partial charge is 0.432 e. The van der Waals surface area contributed by atoms with Crippen LogP contribution in [0.15, 0.2) is 218 Å². The van der Waals surface area contributed by atoms with Crippen LogP contribution in [0, 0.1) is 0 Å². The summed E-state index contributed by atoms with van der Waals surface area (Å²) in [5, 5.41) is 0. The van der Waals surface area contributed by atoms with E-state index < -0.39 is 13.8 Å². The topological polar surface area (TPSA) is 31.4 Å². The summed E-state index contributed by atoms with van der Waals surface area (Å²) in [6.07, 6.45) is 0. The maximum absolute atomic E-state index is 7.43. The molecule has 0 aromatic heterocycles. The van der Waals surface area contributed by atoms with Crippen molar-refractivity contribution < 1.29 is 9.31 Å². The van der Waals surface area contributed by atoms with Gasteiger partial charge in [-0.3, -0.25) is 0 Å². The van der Waals surface area contributed by atoms with Crippen LogP contribution >= 0.6 is 0 Å². The number of hydrogen-bond acceptors (Lipinski definition) is 6. The molecule has 0 amide bonds. The van der Waals surface area contributed by atoms with Gasteiger partial charge in [0.1, 0.15) is 11.5 Å². The second-order valence-corrected chi connectivity index (χ2v) is 16.0. The molecule has 9 aromatic carbocycles. The van der Waals surface area contributed by atoms with Crippen molar-refractivity contribution in [1.82, 2.24) is 0 Å².